The van der Waals surface area contributed by atoms with Crippen LogP contribution in [-0.2, 0) is 10.0 Å². The van der Waals surface area contributed by atoms with Crippen molar-refractivity contribution in [2.75, 3.05) is 7.05 Å². The lowest BCUT2D eigenvalue weighted by Gasteiger charge is -2.30. The first-order valence-electron chi connectivity index (χ1n) is 7.82. The molecule has 1 aliphatic carbocycles. The van der Waals surface area contributed by atoms with E-state index in [4.69, 9.17) is 0 Å². The summed E-state index contributed by atoms with van der Waals surface area (Å²) in [5, 5.41) is 11.1. The van der Waals surface area contributed by atoms with Gasteiger partial charge >= 0.3 is 0 Å². The minimum absolute atomic E-state index is 0.105. The largest absolute Gasteiger partial charge is 0.243 e. The van der Waals surface area contributed by atoms with E-state index in [1.165, 1.54) is 21.7 Å². The molecule has 0 radical (unpaired) electrons. The van der Waals surface area contributed by atoms with Crippen LogP contribution in [0.5, 0.6) is 0 Å². The number of aromatic nitrogens is 4. The van der Waals surface area contributed by atoms with E-state index in [1.807, 2.05) is 6.92 Å². The van der Waals surface area contributed by atoms with Gasteiger partial charge in [-0.3, -0.25) is 0 Å². The molecule has 0 unspecified atom stereocenters. The summed E-state index contributed by atoms with van der Waals surface area (Å²) in [6.45, 7) is 1.86. The predicted octanol–water partition coefficient (Wildman–Crippen LogP) is 1.92. The van der Waals surface area contributed by atoms with E-state index >= 15 is 0 Å². The van der Waals surface area contributed by atoms with Crippen LogP contribution in [0.25, 0.3) is 5.69 Å². The number of hydrogen-bond donors (Lipinski definition) is 0. The Kier molecular flexibility index (Phi) is 4.45. The molecule has 3 rings (SSSR count). The number of hydrogen-bond acceptors (Lipinski definition) is 5. The van der Waals surface area contributed by atoms with E-state index in [2.05, 4.69) is 15.5 Å². The van der Waals surface area contributed by atoms with Crippen LogP contribution < -0.4 is 0 Å². The molecule has 0 N–H and O–H groups in total. The van der Waals surface area contributed by atoms with E-state index < -0.39 is 10.0 Å². The second kappa shape index (κ2) is 6.37. The van der Waals surface area contributed by atoms with Gasteiger partial charge in [0.15, 0.2) is 0 Å². The van der Waals surface area contributed by atoms with Crippen molar-refractivity contribution < 1.29 is 8.42 Å². The molecule has 0 spiro atoms. The molecule has 124 valence electrons. The molecule has 1 heterocycles. The Bertz CT molecular complexity index is 767. The van der Waals surface area contributed by atoms with E-state index in [9.17, 15) is 8.42 Å². The standard InChI is InChI=1S/C15H21N5O2S/c1-12-10-14(8-9-15(12)20-11-16-17-18-20)23(21,22)19(2)13-6-4-3-5-7-13/h8-11,13H,3-7H2,1-2H3. The van der Waals surface area contributed by atoms with Gasteiger partial charge in [-0.25, -0.2) is 13.1 Å². The molecule has 0 saturated heterocycles. The monoisotopic (exact) mass is 335 g/mol. The lowest BCUT2D eigenvalue weighted by atomic mass is 9.96. The second-order valence-corrected chi connectivity index (χ2v) is 8.01. The maximum atomic E-state index is 12.9. The van der Waals surface area contributed by atoms with E-state index in [0.29, 0.717) is 4.90 Å². The Morgan fingerprint density at radius 3 is 2.57 bits per heavy atom. The molecule has 2 aromatic rings. The molecular formula is C15H21N5O2S. The number of sulfonamides is 1. The number of aryl methyl sites for hydroxylation is 1. The van der Waals surface area contributed by atoms with Gasteiger partial charge in [-0.1, -0.05) is 19.3 Å². The topological polar surface area (TPSA) is 81.0 Å². The molecular weight excluding hydrogens is 314 g/mol. The van der Waals surface area contributed by atoms with Crippen molar-refractivity contribution >= 4 is 10.0 Å². The van der Waals surface area contributed by atoms with Crippen molar-refractivity contribution in [1.29, 1.82) is 0 Å². The molecule has 1 aromatic heterocycles. The zero-order valence-corrected chi connectivity index (χ0v) is 14.2. The molecule has 7 nitrogen and oxygen atoms in total. The Balaban J connectivity index is 1.89. The molecule has 8 heteroatoms. The second-order valence-electron chi connectivity index (χ2n) is 6.02. The first kappa shape index (κ1) is 16.1. The van der Waals surface area contributed by atoms with Crippen LogP contribution in [0.1, 0.15) is 37.7 Å². The minimum Gasteiger partial charge on any atom is -0.207 e. The summed E-state index contributed by atoms with van der Waals surface area (Å²) < 4.78 is 28.8. The lowest BCUT2D eigenvalue weighted by molar-refractivity contribution is 0.286. The highest BCUT2D eigenvalue weighted by atomic mass is 32.2. The van der Waals surface area contributed by atoms with Crippen LogP contribution in [0.15, 0.2) is 29.4 Å². The summed E-state index contributed by atoms with van der Waals surface area (Å²) in [6, 6.07) is 5.16. The van der Waals surface area contributed by atoms with E-state index in [0.717, 1.165) is 36.9 Å². The SMILES string of the molecule is Cc1cc(S(=O)(=O)N(C)C2CCCCC2)ccc1-n1cnnn1. The average molecular weight is 335 g/mol. The quantitative estimate of drug-likeness (QED) is 0.853. The van der Waals surface area contributed by atoms with Crippen LogP contribution >= 0.6 is 0 Å². The molecule has 0 aliphatic heterocycles. The fourth-order valence-electron chi connectivity index (χ4n) is 3.12. The highest BCUT2D eigenvalue weighted by Gasteiger charge is 2.29. The normalized spacial score (nSPS) is 16.8. The van der Waals surface area contributed by atoms with Crippen molar-refractivity contribution in [3.63, 3.8) is 0 Å². The van der Waals surface area contributed by atoms with Crippen molar-refractivity contribution in [1.82, 2.24) is 24.5 Å². The summed E-state index contributed by atoms with van der Waals surface area (Å²) in [6.07, 6.45) is 6.77. The van der Waals surface area contributed by atoms with E-state index in [1.54, 1.807) is 25.2 Å². The molecule has 1 fully saturated rings. The first-order chi connectivity index (χ1) is 11.0. The van der Waals surface area contributed by atoms with Crippen molar-refractivity contribution in [2.45, 2.75) is 50.0 Å². The third-order valence-electron chi connectivity index (χ3n) is 4.53. The number of rotatable bonds is 4. The first-order valence-corrected chi connectivity index (χ1v) is 9.26. The summed E-state index contributed by atoms with van der Waals surface area (Å²) in [5.41, 5.74) is 1.59. The Labute approximate surface area is 136 Å². The molecule has 0 amide bonds. The Morgan fingerprint density at radius 1 is 1.22 bits per heavy atom. The zero-order chi connectivity index (χ0) is 16.4. The Hall–Kier alpha value is -1.80. The van der Waals surface area contributed by atoms with Gasteiger partial charge in [0, 0.05) is 13.1 Å². The third kappa shape index (κ3) is 3.13. The maximum absolute atomic E-state index is 12.9. The van der Waals surface area contributed by atoms with Crippen LogP contribution in [0.4, 0.5) is 0 Å². The highest BCUT2D eigenvalue weighted by molar-refractivity contribution is 7.89. The van der Waals surface area contributed by atoms with Gasteiger partial charge in [-0.05, 0) is 54.0 Å². The minimum atomic E-state index is -3.47. The summed E-state index contributed by atoms with van der Waals surface area (Å²) in [7, 11) is -1.78. The van der Waals surface area contributed by atoms with Crippen LogP contribution in [0, 0.1) is 6.92 Å². The number of tetrazole rings is 1. The fourth-order valence-corrected chi connectivity index (χ4v) is 4.63. The summed E-state index contributed by atoms with van der Waals surface area (Å²) >= 11 is 0. The molecule has 1 aliphatic rings. The summed E-state index contributed by atoms with van der Waals surface area (Å²) in [5.74, 6) is 0. The molecule has 0 atom stereocenters. The van der Waals surface area contributed by atoms with Gasteiger partial charge in [0.1, 0.15) is 6.33 Å². The lowest BCUT2D eigenvalue weighted by Crippen LogP contribution is -2.38. The van der Waals surface area contributed by atoms with Gasteiger partial charge in [0.25, 0.3) is 0 Å². The number of benzene rings is 1. The highest BCUT2D eigenvalue weighted by Crippen LogP contribution is 2.27. The van der Waals surface area contributed by atoms with Gasteiger partial charge < -0.3 is 0 Å². The maximum Gasteiger partial charge on any atom is 0.243 e. The molecule has 1 saturated carbocycles. The van der Waals surface area contributed by atoms with Gasteiger partial charge in [0.2, 0.25) is 10.0 Å². The predicted molar refractivity (Wildman–Crippen MR) is 85.7 cm³/mol. The van der Waals surface area contributed by atoms with Crippen LogP contribution in [0.3, 0.4) is 0 Å². The Morgan fingerprint density at radius 2 is 1.96 bits per heavy atom. The summed E-state index contributed by atoms with van der Waals surface area (Å²) in [4.78, 5) is 0.319. The molecule has 0 bridgehead atoms. The third-order valence-corrected chi connectivity index (χ3v) is 6.44. The smallest absolute Gasteiger partial charge is 0.207 e. The van der Waals surface area contributed by atoms with Gasteiger partial charge in [-0.15, -0.1) is 5.10 Å². The number of nitrogens with zero attached hydrogens (tertiary/aromatic N) is 5. The van der Waals surface area contributed by atoms with Crippen molar-refractivity contribution in [3.05, 3.63) is 30.1 Å². The van der Waals surface area contributed by atoms with Crippen LogP contribution in [-0.4, -0.2) is 46.0 Å². The van der Waals surface area contributed by atoms with Gasteiger partial charge in [-0.2, -0.15) is 4.31 Å². The van der Waals surface area contributed by atoms with E-state index in [-0.39, 0.29) is 6.04 Å². The van der Waals surface area contributed by atoms with Crippen molar-refractivity contribution in [2.24, 2.45) is 0 Å². The molecule has 1 aromatic carbocycles. The van der Waals surface area contributed by atoms with Crippen LogP contribution in [0.2, 0.25) is 0 Å². The van der Waals surface area contributed by atoms with Crippen molar-refractivity contribution in [3.8, 4) is 5.69 Å². The fraction of sp³-hybridized carbons (Fsp3) is 0.533. The molecule has 23 heavy (non-hydrogen) atoms. The van der Waals surface area contributed by atoms with Gasteiger partial charge in [0.05, 0.1) is 10.6 Å². The average Bonchev–Trinajstić information content (AvgIpc) is 3.09. The zero-order valence-electron chi connectivity index (χ0n) is 13.4.